The molecule has 0 saturated heterocycles. The number of hydrogen-bond donors (Lipinski definition) is 1. The van der Waals surface area contributed by atoms with Gasteiger partial charge in [-0.2, -0.15) is 0 Å². The van der Waals surface area contributed by atoms with Crippen LogP contribution in [-0.4, -0.2) is 48.6 Å². The first-order chi connectivity index (χ1) is 8.52. The van der Waals surface area contributed by atoms with Crippen molar-refractivity contribution < 1.29 is 14.3 Å². The lowest BCUT2D eigenvalue weighted by molar-refractivity contribution is -0.145. The van der Waals surface area contributed by atoms with Crippen molar-refractivity contribution in [2.75, 3.05) is 19.7 Å². The molecule has 1 aliphatic carbocycles. The number of carbonyl (C=O) groups is 2. The molecule has 0 unspecified atom stereocenters. The lowest BCUT2D eigenvalue weighted by Crippen LogP contribution is -2.39. The first kappa shape index (κ1) is 15.0. The molecule has 1 saturated carbocycles. The Bertz CT molecular complexity index is 288. The van der Waals surface area contributed by atoms with Crippen LogP contribution in [-0.2, 0) is 14.3 Å². The number of nitrogens with zero attached hydrogens (tertiary/aromatic N) is 1. The molecule has 0 radical (unpaired) electrons. The van der Waals surface area contributed by atoms with Crippen LogP contribution in [0, 0.1) is 0 Å². The van der Waals surface area contributed by atoms with Gasteiger partial charge >= 0.3 is 5.97 Å². The maximum atomic E-state index is 11.6. The van der Waals surface area contributed by atoms with E-state index in [-0.39, 0.29) is 24.5 Å². The standard InChI is InChI=1S/C13H24N2O3/c1-4-18-13(17)9-15(10(2)3)8-7-12(16)14-11-5-6-11/h10-11H,4-9H2,1-3H3,(H,14,16). The van der Waals surface area contributed by atoms with Gasteiger partial charge in [-0.15, -0.1) is 0 Å². The van der Waals surface area contributed by atoms with E-state index >= 15 is 0 Å². The van der Waals surface area contributed by atoms with E-state index in [0.717, 1.165) is 12.8 Å². The molecule has 5 nitrogen and oxygen atoms in total. The summed E-state index contributed by atoms with van der Waals surface area (Å²) in [6, 6.07) is 0.623. The van der Waals surface area contributed by atoms with Crippen LogP contribution in [0.3, 0.4) is 0 Å². The summed E-state index contributed by atoms with van der Waals surface area (Å²) in [6.45, 7) is 7.06. The number of rotatable bonds is 8. The van der Waals surface area contributed by atoms with Crippen LogP contribution >= 0.6 is 0 Å². The van der Waals surface area contributed by atoms with Crippen molar-refractivity contribution in [1.29, 1.82) is 0 Å². The van der Waals surface area contributed by atoms with Crippen LogP contribution < -0.4 is 5.32 Å². The number of carbonyl (C=O) groups excluding carboxylic acids is 2. The minimum atomic E-state index is -0.228. The fourth-order valence-corrected chi connectivity index (χ4v) is 1.66. The molecule has 0 spiro atoms. The molecule has 0 aromatic rings. The number of amides is 1. The van der Waals surface area contributed by atoms with Crippen molar-refractivity contribution in [3.63, 3.8) is 0 Å². The minimum Gasteiger partial charge on any atom is -0.465 e. The van der Waals surface area contributed by atoms with Gasteiger partial charge in [0, 0.05) is 25.0 Å². The number of hydrogen-bond acceptors (Lipinski definition) is 4. The van der Waals surface area contributed by atoms with Crippen LogP contribution in [0.5, 0.6) is 0 Å². The molecule has 0 aliphatic heterocycles. The van der Waals surface area contributed by atoms with Crippen molar-refractivity contribution in [3.8, 4) is 0 Å². The molecule has 0 bridgehead atoms. The Kier molecular flexibility index (Phi) is 6.12. The highest BCUT2D eigenvalue weighted by atomic mass is 16.5. The molecule has 0 heterocycles. The Morgan fingerprint density at radius 3 is 2.56 bits per heavy atom. The quantitative estimate of drug-likeness (QED) is 0.656. The smallest absolute Gasteiger partial charge is 0.320 e. The molecule has 0 aromatic heterocycles. The molecule has 1 amide bonds. The van der Waals surface area contributed by atoms with Gasteiger partial charge in [0.25, 0.3) is 0 Å². The molecule has 18 heavy (non-hydrogen) atoms. The van der Waals surface area contributed by atoms with Gasteiger partial charge in [0.2, 0.25) is 5.91 Å². The van der Waals surface area contributed by atoms with E-state index in [2.05, 4.69) is 5.32 Å². The molecule has 1 N–H and O–H groups in total. The van der Waals surface area contributed by atoms with Gasteiger partial charge in [-0.3, -0.25) is 14.5 Å². The van der Waals surface area contributed by atoms with Crippen LogP contribution in [0.15, 0.2) is 0 Å². The van der Waals surface area contributed by atoms with E-state index in [1.165, 1.54) is 0 Å². The first-order valence-electron chi connectivity index (χ1n) is 6.72. The third kappa shape index (κ3) is 6.00. The summed E-state index contributed by atoms with van der Waals surface area (Å²) in [5, 5.41) is 2.94. The third-order valence-corrected chi connectivity index (χ3v) is 2.94. The van der Waals surface area contributed by atoms with Crippen molar-refractivity contribution in [2.45, 2.75) is 52.1 Å². The molecule has 104 valence electrons. The molecule has 1 aliphatic rings. The monoisotopic (exact) mass is 256 g/mol. The van der Waals surface area contributed by atoms with Crippen molar-refractivity contribution in [3.05, 3.63) is 0 Å². The van der Waals surface area contributed by atoms with Gasteiger partial charge < -0.3 is 10.1 Å². The molecule has 5 heteroatoms. The van der Waals surface area contributed by atoms with Gasteiger partial charge in [-0.1, -0.05) is 0 Å². The van der Waals surface area contributed by atoms with Gasteiger partial charge in [0.05, 0.1) is 13.2 Å². The fraction of sp³-hybridized carbons (Fsp3) is 0.846. The molecule has 0 aromatic carbocycles. The lowest BCUT2D eigenvalue weighted by atomic mass is 10.2. The number of nitrogens with one attached hydrogen (secondary N) is 1. The summed E-state index contributed by atoms with van der Waals surface area (Å²) in [5.74, 6) is -0.152. The highest BCUT2D eigenvalue weighted by molar-refractivity contribution is 5.77. The van der Waals surface area contributed by atoms with E-state index in [9.17, 15) is 9.59 Å². The molecule has 0 atom stereocenters. The Morgan fingerprint density at radius 1 is 1.39 bits per heavy atom. The third-order valence-electron chi connectivity index (χ3n) is 2.94. The van der Waals surface area contributed by atoms with Gasteiger partial charge in [-0.05, 0) is 33.6 Å². The zero-order chi connectivity index (χ0) is 13.5. The second kappa shape index (κ2) is 7.36. The molecule has 1 fully saturated rings. The first-order valence-corrected chi connectivity index (χ1v) is 6.72. The second-order valence-corrected chi connectivity index (χ2v) is 4.96. The topological polar surface area (TPSA) is 58.6 Å². The van der Waals surface area contributed by atoms with Crippen molar-refractivity contribution in [1.82, 2.24) is 10.2 Å². The summed E-state index contributed by atoms with van der Waals surface area (Å²) in [7, 11) is 0. The molecular formula is C13H24N2O3. The van der Waals surface area contributed by atoms with E-state index in [0.29, 0.717) is 25.6 Å². The number of esters is 1. The van der Waals surface area contributed by atoms with E-state index in [4.69, 9.17) is 4.74 Å². The molecule has 1 rings (SSSR count). The normalized spacial score (nSPS) is 14.9. The summed E-state index contributed by atoms with van der Waals surface area (Å²) >= 11 is 0. The van der Waals surface area contributed by atoms with E-state index in [1.54, 1.807) is 6.92 Å². The van der Waals surface area contributed by atoms with Crippen LogP contribution in [0.1, 0.15) is 40.0 Å². The Labute approximate surface area is 109 Å². The summed E-state index contributed by atoms with van der Waals surface area (Å²) in [5.41, 5.74) is 0. The Morgan fingerprint density at radius 2 is 2.06 bits per heavy atom. The van der Waals surface area contributed by atoms with Gasteiger partial charge in [0.15, 0.2) is 0 Å². The SMILES string of the molecule is CCOC(=O)CN(CCC(=O)NC1CC1)C(C)C. The summed E-state index contributed by atoms with van der Waals surface area (Å²) < 4.78 is 4.92. The number of ether oxygens (including phenoxy) is 1. The zero-order valence-corrected chi connectivity index (χ0v) is 11.6. The van der Waals surface area contributed by atoms with Crippen LogP contribution in [0.25, 0.3) is 0 Å². The maximum absolute atomic E-state index is 11.6. The summed E-state index contributed by atoms with van der Waals surface area (Å²) in [4.78, 5) is 25.0. The fourth-order valence-electron chi connectivity index (χ4n) is 1.66. The van der Waals surface area contributed by atoms with Gasteiger partial charge in [0.1, 0.15) is 0 Å². The second-order valence-electron chi connectivity index (χ2n) is 4.96. The summed E-state index contributed by atoms with van der Waals surface area (Å²) in [6.07, 6.45) is 2.64. The van der Waals surface area contributed by atoms with Crippen molar-refractivity contribution in [2.24, 2.45) is 0 Å². The predicted molar refractivity (Wildman–Crippen MR) is 69.1 cm³/mol. The highest BCUT2D eigenvalue weighted by Gasteiger charge is 2.23. The maximum Gasteiger partial charge on any atom is 0.320 e. The molecular weight excluding hydrogens is 232 g/mol. The largest absolute Gasteiger partial charge is 0.465 e. The average Bonchev–Trinajstić information content (AvgIpc) is 3.08. The zero-order valence-electron chi connectivity index (χ0n) is 11.6. The Hall–Kier alpha value is -1.10. The van der Waals surface area contributed by atoms with E-state index < -0.39 is 0 Å². The highest BCUT2D eigenvalue weighted by Crippen LogP contribution is 2.18. The van der Waals surface area contributed by atoms with Crippen molar-refractivity contribution >= 4 is 11.9 Å². The van der Waals surface area contributed by atoms with E-state index in [1.807, 2.05) is 18.7 Å². The lowest BCUT2D eigenvalue weighted by Gasteiger charge is -2.24. The van der Waals surface area contributed by atoms with Crippen LogP contribution in [0.4, 0.5) is 0 Å². The Balaban J connectivity index is 2.27. The average molecular weight is 256 g/mol. The minimum absolute atomic E-state index is 0.0759. The van der Waals surface area contributed by atoms with Gasteiger partial charge in [-0.25, -0.2) is 0 Å². The predicted octanol–water partition coefficient (Wildman–Crippen LogP) is 0.929. The van der Waals surface area contributed by atoms with Crippen LogP contribution in [0.2, 0.25) is 0 Å².